The van der Waals surface area contributed by atoms with Gasteiger partial charge in [0.25, 0.3) is 0 Å². The summed E-state index contributed by atoms with van der Waals surface area (Å²) in [6.45, 7) is 5.21. The Bertz CT molecular complexity index is 874. The Hall–Kier alpha value is -2.06. The Balaban J connectivity index is 1.47. The van der Waals surface area contributed by atoms with Crippen LogP contribution in [0.3, 0.4) is 0 Å². The fourth-order valence-electron chi connectivity index (χ4n) is 5.85. The van der Waals surface area contributed by atoms with Crippen molar-refractivity contribution in [2.75, 3.05) is 19.8 Å². The summed E-state index contributed by atoms with van der Waals surface area (Å²) in [5.41, 5.74) is 0.182. The molecule has 4 aliphatic rings. The summed E-state index contributed by atoms with van der Waals surface area (Å²) in [5, 5.41) is 49.5. The Morgan fingerprint density at radius 3 is 2.62 bits per heavy atom. The fourth-order valence-corrected chi connectivity index (χ4v) is 5.85. The number of aliphatic hydroxyl groups is 5. The highest BCUT2D eigenvalue weighted by molar-refractivity contribution is 5.89. The highest BCUT2D eigenvalue weighted by Gasteiger charge is 2.49. The second-order valence-corrected chi connectivity index (χ2v) is 10.2. The van der Waals surface area contributed by atoms with Crippen molar-refractivity contribution in [3.63, 3.8) is 0 Å². The molecule has 3 aliphatic heterocycles. The molecular weight excluding hydrogens is 492 g/mol. The predicted molar refractivity (Wildman–Crippen MR) is 123 cm³/mol. The molecule has 12 unspecified atom stereocenters. The van der Waals surface area contributed by atoms with Gasteiger partial charge in [0.1, 0.15) is 30.5 Å². The van der Waals surface area contributed by atoms with E-state index >= 15 is 0 Å². The molecule has 0 amide bonds. The van der Waals surface area contributed by atoms with Crippen molar-refractivity contribution in [3.8, 4) is 0 Å². The van der Waals surface area contributed by atoms with Crippen molar-refractivity contribution < 1.29 is 58.8 Å². The lowest BCUT2D eigenvalue weighted by Gasteiger charge is -2.43. The second kappa shape index (κ2) is 11.8. The van der Waals surface area contributed by atoms with Crippen LogP contribution in [0.4, 0.5) is 0 Å². The number of carbonyl (C=O) groups is 2. The minimum atomic E-state index is -1.64. The van der Waals surface area contributed by atoms with Gasteiger partial charge in [-0.1, -0.05) is 13.0 Å². The molecule has 12 atom stereocenters. The van der Waals surface area contributed by atoms with Crippen molar-refractivity contribution in [2.24, 2.45) is 29.6 Å². The lowest BCUT2D eigenvalue weighted by Crippen LogP contribution is -2.60. The highest BCUT2D eigenvalue weighted by Crippen LogP contribution is 2.44. The standard InChI is InChI=1S/C25H36O12/c1-3-13-14(4-5-26)16(23(32)35-17-6-12-7-19(28)33-9-15(12)11(17)2)10-34-24(13)37-25-22(31)21(30)20(29)18(8-27)36-25/h3,10-15,17-18,20-22,24-27,29-31H,1,4-9H2,2H3. The monoisotopic (exact) mass is 528 g/mol. The molecule has 3 fully saturated rings. The van der Waals surface area contributed by atoms with Crippen LogP contribution >= 0.6 is 0 Å². The molecule has 208 valence electrons. The van der Waals surface area contributed by atoms with Gasteiger partial charge < -0.3 is 49.2 Å². The van der Waals surface area contributed by atoms with E-state index in [9.17, 15) is 35.1 Å². The maximum atomic E-state index is 13.2. The summed E-state index contributed by atoms with van der Waals surface area (Å²) in [7, 11) is 0. The molecule has 5 N–H and O–H groups in total. The van der Waals surface area contributed by atoms with E-state index in [0.717, 1.165) is 0 Å². The quantitative estimate of drug-likeness (QED) is 0.191. The summed E-state index contributed by atoms with van der Waals surface area (Å²) >= 11 is 0. The number of cyclic esters (lactones) is 1. The van der Waals surface area contributed by atoms with Gasteiger partial charge in [-0.05, 0) is 24.7 Å². The molecule has 3 heterocycles. The van der Waals surface area contributed by atoms with Crippen molar-refractivity contribution in [1.29, 1.82) is 0 Å². The largest absolute Gasteiger partial charge is 0.471 e. The summed E-state index contributed by atoms with van der Waals surface area (Å²) in [4.78, 5) is 24.9. The average Bonchev–Trinajstić information content (AvgIpc) is 3.18. The molecule has 0 aromatic heterocycles. The molecule has 0 spiro atoms. The Morgan fingerprint density at radius 1 is 1.19 bits per heavy atom. The molecule has 12 heteroatoms. The number of aliphatic hydroxyl groups excluding tert-OH is 5. The number of carbonyl (C=O) groups excluding carboxylic acids is 2. The van der Waals surface area contributed by atoms with E-state index in [1.54, 1.807) is 0 Å². The number of hydrogen-bond donors (Lipinski definition) is 5. The van der Waals surface area contributed by atoms with Gasteiger partial charge in [0, 0.05) is 30.8 Å². The van der Waals surface area contributed by atoms with Crippen molar-refractivity contribution in [1.82, 2.24) is 0 Å². The zero-order valence-corrected chi connectivity index (χ0v) is 20.6. The molecule has 2 saturated heterocycles. The molecule has 4 rings (SSSR count). The maximum absolute atomic E-state index is 13.2. The Morgan fingerprint density at radius 2 is 1.95 bits per heavy atom. The molecule has 1 aliphatic carbocycles. The SMILES string of the molecule is C=CC1C(OC2OC(CO)C(O)C(O)C2O)OC=C(C(=O)OC2CC3CC(=O)OCC3C2C)C1CCO. The maximum Gasteiger partial charge on any atom is 0.337 e. The summed E-state index contributed by atoms with van der Waals surface area (Å²) in [6.07, 6.45) is -5.26. The first kappa shape index (κ1) is 28.0. The van der Waals surface area contributed by atoms with Crippen LogP contribution in [-0.4, -0.2) is 100 Å². The first-order valence-electron chi connectivity index (χ1n) is 12.6. The van der Waals surface area contributed by atoms with E-state index in [-0.39, 0.29) is 42.3 Å². The molecule has 12 nitrogen and oxygen atoms in total. The van der Waals surface area contributed by atoms with Crippen molar-refractivity contribution in [3.05, 3.63) is 24.5 Å². The first-order chi connectivity index (χ1) is 17.7. The molecule has 0 radical (unpaired) electrons. The molecule has 0 aromatic rings. The predicted octanol–water partition coefficient (Wildman–Crippen LogP) is -1.03. The summed E-state index contributed by atoms with van der Waals surface area (Å²) in [6, 6.07) is 0. The van der Waals surface area contributed by atoms with E-state index in [2.05, 4.69) is 6.58 Å². The van der Waals surface area contributed by atoms with E-state index < -0.39 is 67.5 Å². The van der Waals surface area contributed by atoms with E-state index in [4.69, 9.17) is 23.7 Å². The number of fused-ring (bicyclic) bond motifs is 1. The Labute approximate surface area is 214 Å². The summed E-state index contributed by atoms with van der Waals surface area (Å²) in [5.74, 6) is -1.93. The van der Waals surface area contributed by atoms with Crippen LogP contribution < -0.4 is 0 Å². The lowest BCUT2D eigenvalue weighted by atomic mass is 9.81. The van der Waals surface area contributed by atoms with Gasteiger partial charge in [-0.2, -0.15) is 0 Å². The third-order valence-corrected chi connectivity index (χ3v) is 8.10. The average molecular weight is 529 g/mol. The second-order valence-electron chi connectivity index (χ2n) is 10.2. The molecule has 1 saturated carbocycles. The lowest BCUT2D eigenvalue weighted by molar-refractivity contribution is -0.339. The number of hydrogen-bond acceptors (Lipinski definition) is 12. The van der Waals surface area contributed by atoms with Gasteiger partial charge in [-0.3, -0.25) is 4.79 Å². The van der Waals surface area contributed by atoms with Crippen molar-refractivity contribution in [2.45, 2.75) is 69.3 Å². The van der Waals surface area contributed by atoms with Gasteiger partial charge >= 0.3 is 11.9 Å². The minimum Gasteiger partial charge on any atom is -0.471 e. The van der Waals surface area contributed by atoms with Crippen molar-refractivity contribution >= 4 is 11.9 Å². The van der Waals surface area contributed by atoms with Crippen LogP contribution in [0.25, 0.3) is 0 Å². The molecule has 37 heavy (non-hydrogen) atoms. The first-order valence-corrected chi connectivity index (χ1v) is 12.6. The number of ether oxygens (including phenoxy) is 5. The Kier molecular flexibility index (Phi) is 8.89. The number of rotatable bonds is 8. The minimum absolute atomic E-state index is 0.000852. The van der Waals surface area contributed by atoms with Crippen LogP contribution in [0.5, 0.6) is 0 Å². The van der Waals surface area contributed by atoms with Crippen LogP contribution in [0, 0.1) is 29.6 Å². The zero-order chi connectivity index (χ0) is 26.9. The van der Waals surface area contributed by atoms with Gasteiger partial charge in [0.2, 0.25) is 6.29 Å². The van der Waals surface area contributed by atoms with E-state index in [1.165, 1.54) is 12.3 Å². The van der Waals surface area contributed by atoms with Gasteiger partial charge in [-0.25, -0.2) is 4.79 Å². The summed E-state index contributed by atoms with van der Waals surface area (Å²) < 4.78 is 27.9. The fraction of sp³-hybridized carbons (Fsp3) is 0.760. The van der Waals surface area contributed by atoms with E-state index in [0.29, 0.717) is 19.4 Å². The molecule has 0 bridgehead atoms. The zero-order valence-electron chi connectivity index (χ0n) is 20.6. The van der Waals surface area contributed by atoms with E-state index in [1.807, 2.05) is 6.92 Å². The normalized spacial score (nSPS) is 43.7. The third kappa shape index (κ3) is 5.56. The molecular formula is C25H36O12. The van der Waals surface area contributed by atoms with Gasteiger partial charge in [0.05, 0.1) is 25.0 Å². The highest BCUT2D eigenvalue weighted by atomic mass is 16.8. The molecule has 0 aromatic carbocycles. The van der Waals surface area contributed by atoms with Crippen LogP contribution in [0.1, 0.15) is 26.2 Å². The topological polar surface area (TPSA) is 181 Å². The van der Waals surface area contributed by atoms with Crippen LogP contribution in [-0.2, 0) is 33.3 Å². The third-order valence-electron chi connectivity index (χ3n) is 8.10. The smallest absolute Gasteiger partial charge is 0.337 e. The number of esters is 2. The van der Waals surface area contributed by atoms with Crippen LogP contribution in [0.2, 0.25) is 0 Å². The van der Waals surface area contributed by atoms with Crippen LogP contribution in [0.15, 0.2) is 24.5 Å². The van der Waals surface area contributed by atoms with Gasteiger partial charge in [0.15, 0.2) is 6.29 Å². The van der Waals surface area contributed by atoms with Gasteiger partial charge in [-0.15, -0.1) is 6.58 Å².